The number of ether oxygens (including phenoxy) is 1. The Morgan fingerprint density at radius 3 is 2.96 bits per heavy atom. The van der Waals surface area contributed by atoms with Crippen LogP contribution in [0, 0.1) is 12.3 Å². The average Bonchev–Trinajstić information content (AvgIpc) is 3.31. The maximum atomic E-state index is 5.82. The number of nitrogens with zero attached hydrogens (tertiary/aromatic N) is 4. The molecule has 1 aromatic carbocycles. The van der Waals surface area contributed by atoms with Crippen molar-refractivity contribution in [2.75, 3.05) is 37.7 Å². The van der Waals surface area contributed by atoms with E-state index in [1.807, 2.05) is 4.68 Å². The Hall–Kier alpha value is -1.92. The molecule has 1 atom stereocenters. The molecule has 1 unspecified atom stereocenters. The lowest BCUT2D eigenvalue weighted by Crippen LogP contribution is -2.57. The van der Waals surface area contributed by atoms with Crippen LogP contribution in [0.15, 0.2) is 24.4 Å². The van der Waals surface area contributed by atoms with E-state index < -0.39 is 0 Å². The van der Waals surface area contributed by atoms with Crippen LogP contribution in [0.5, 0.6) is 0 Å². The predicted octanol–water partition coefficient (Wildman–Crippen LogP) is 2.62. The SMILES string of the molecule is Cc1cc(N2CC3(CCNC3)C2)ccc1-c1cn(CC2CCCCO2)nn1. The van der Waals surface area contributed by atoms with Crippen LogP contribution in [0.25, 0.3) is 11.3 Å². The first-order chi connectivity index (χ1) is 13.2. The molecule has 1 N–H and O–H groups in total. The summed E-state index contributed by atoms with van der Waals surface area (Å²) in [6.45, 7) is 8.55. The van der Waals surface area contributed by atoms with Gasteiger partial charge in [0.25, 0.3) is 0 Å². The molecule has 3 saturated heterocycles. The summed E-state index contributed by atoms with van der Waals surface area (Å²) in [7, 11) is 0. The second-order valence-corrected chi connectivity index (χ2v) is 8.60. The molecular formula is C21H29N5O. The van der Waals surface area contributed by atoms with Gasteiger partial charge >= 0.3 is 0 Å². The number of aromatic nitrogens is 3. The maximum Gasteiger partial charge on any atom is 0.113 e. The zero-order valence-electron chi connectivity index (χ0n) is 16.2. The van der Waals surface area contributed by atoms with E-state index in [-0.39, 0.29) is 6.10 Å². The summed E-state index contributed by atoms with van der Waals surface area (Å²) in [6.07, 6.45) is 7.20. The van der Waals surface area contributed by atoms with Gasteiger partial charge in [0.15, 0.2) is 0 Å². The molecule has 1 aromatic heterocycles. The Morgan fingerprint density at radius 2 is 2.22 bits per heavy atom. The number of aryl methyl sites for hydroxylation is 1. The first-order valence-electron chi connectivity index (χ1n) is 10.3. The van der Waals surface area contributed by atoms with E-state index in [1.54, 1.807) is 0 Å². The lowest BCUT2D eigenvalue weighted by Gasteiger charge is -2.49. The van der Waals surface area contributed by atoms with Gasteiger partial charge in [-0.25, -0.2) is 4.68 Å². The van der Waals surface area contributed by atoms with Crippen LogP contribution >= 0.6 is 0 Å². The molecule has 5 rings (SSSR count). The monoisotopic (exact) mass is 367 g/mol. The lowest BCUT2D eigenvalue weighted by molar-refractivity contribution is 0.00370. The minimum Gasteiger partial charge on any atom is -0.376 e. The third-order valence-electron chi connectivity index (χ3n) is 6.44. The summed E-state index contributed by atoms with van der Waals surface area (Å²) in [4.78, 5) is 2.50. The zero-order chi connectivity index (χ0) is 18.3. The molecule has 144 valence electrons. The Bertz CT molecular complexity index is 797. The van der Waals surface area contributed by atoms with Crippen molar-refractivity contribution in [2.45, 2.75) is 45.3 Å². The van der Waals surface area contributed by atoms with Crippen molar-refractivity contribution < 1.29 is 4.74 Å². The topological polar surface area (TPSA) is 55.2 Å². The van der Waals surface area contributed by atoms with Gasteiger partial charge in [-0.3, -0.25) is 0 Å². The summed E-state index contributed by atoms with van der Waals surface area (Å²) in [5, 5.41) is 12.3. The maximum absolute atomic E-state index is 5.82. The van der Waals surface area contributed by atoms with Crippen LogP contribution in [0.3, 0.4) is 0 Å². The second-order valence-electron chi connectivity index (χ2n) is 8.60. The van der Waals surface area contributed by atoms with Gasteiger partial charge in [-0.2, -0.15) is 0 Å². The van der Waals surface area contributed by atoms with Crippen LogP contribution < -0.4 is 10.2 Å². The highest BCUT2D eigenvalue weighted by atomic mass is 16.5. The van der Waals surface area contributed by atoms with Gasteiger partial charge in [0.05, 0.1) is 18.8 Å². The highest BCUT2D eigenvalue weighted by Crippen LogP contribution is 2.39. The number of benzene rings is 1. The van der Waals surface area contributed by atoms with E-state index >= 15 is 0 Å². The summed E-state index contributed by atoms with van der Waals surface area (Å²) < 4.78 is 7.76. The molecule has 27 heavy (non-hydrogen) atoms. The summed E-state index contributed by atoms with van der Waals surface area (Å²) in [5.74, 6) is 0. The minimum atomic E-state index is 0.278. The van der Waals surface area contributed by atoms with Crippen LogP contribution in [-0.4, -0.2) is 53.9 Å². The van der Waals surface area contributed by atoms with Crippen molar-refractivity contribution in [3.63, 3.8) is 0 Å². The Kier molecular flexibility index (Phi) is 4.40. The van der Waals surface area contributed by atoms with E-state index in [2.05, 4.69) is 51.8 Å². The second kappa shape index (κ2) is 6.91. The number of rotatable bonds is 4. The molecule has 3 fully saturated rings. The first-order valence-corrected chi connectivity index (χ1v) is 10.3. The van der Waals surface area contributed by atoms with Crippen molar-refractivity contribution in [2.24, 2.45) is 5.41 Å². The highest BCUT2D eigenvalue weighted by Gasteiger charge is 2.44. The standard InChI is InChI=1S/C21H29N5O/c1-16-10-17(25-14-21(15-25)7-8-22-13-21)5-6-19(16)20-12-26(24-23-20)11-18-4-2-3-9-27-18/h5-6,10,12,18,22H,2-4,7-9,11,13-15H2,1H3. The van der Waals surface area contributed by atoms with Gasteiger partial charge in [0, 0.05) is 42.9 Å². The molecule has 6 heteroatoms. The Morgan fingerprint density at radius 1 is 1.30 bits per heavy atom. The minimum absolute atomic E-state index is 0.278. The number of anilines is 1. The van der Waals surface area contributed by atoms with E-state index in [4.69, 9.17) is 4.74 Å². The van der Waals surface area contributed by atoms with Crippen LogP contribution in [0.2, 0.25) is 0 Å². The van der Waals surface area contributed by atoms with Crippen molar-refractivity contribution in [3.8, 4) is 11.3 Å². The zero-order valence-corrected chi connectivity index (χ0v) is 16.2. The molecule has 2 aromatic rings. The molecule has 0 radical (unpaired) electrons. The normalized spacial score (nSPS) is 24.3. The molecule has 3 aliphatic heterocycles. The third kappa shape index (κ3) is 3.36. The molecule has 0 bridgehead atoms. The molecule has 1 spiro atoms. The highest BCUT2D eigenvalue weighted by molar-refractivity contribution is 5.67. The molecular weight excluding hydrogens is 338 g/mol. The first kappa shape index (κ1) is 17.2. The fraction of sp³-hybridized carbons (Fsp3) is 0.619. The molecule has 0 amide bonds. The van der Waals surface area contributed by atoms with E-state index in [9.17, 15) is 0 Å². The van der Waals surface area contributed by atoms with Gasteiger partial charge in [0.1, 0.15) is 5.69 Å². The predicted molar refractivity (Wildman–Crippen MR) is 106 cm³/mol. The van der Waals surface area contributed by atoms with Crippen LogP contribution in [0.1, 0.15) is 31.2 Å². The van der Waals surface area contributed by atoms with Crippen LogP contribution in [0.4, 0.5) is 5.69 Å². The van der Waals surface area contributed by atoms with Gasteiger partial charge in [0.2, 0.25) is 0 Å². The molecule has 3 aliphatic rings. The summed E-state index contributed by atoms with van der Waals surface area (Å²) in [5.41, 5.74) is 5.24. The summed E-state index contributed by atoms with van der Waals surface area (Å²) >= 11 is 0. The largest absolute Gasteiger partial charge is 0.376 e. The molecule has 4 heterocycles. The van der Waals surface area contributed by atoms with Gasteiger partial charge in [-0.05, 0) is 56.8 Å². The number of nitrogens with one attached hydrogen (secondary N) is 1. The average molecular weight is 367 g/mol. The molecule has 6 nitrogen and oxygen atoms in total. The lowest BCUT2D eigenvalue weighted by atomic mass is 9.78. The quantitative estimate of drug-likeness (QED) is 0.900. The Labute approximate surface area is 160 Å². The fourth-order valence-electron chi connectivity index (χ4n) is 4.81. The third-order valence-corrected chi connectivity index (χ3v) is 6.44. The van der Waals surface area contributed by atoms with Gasteiger partial charge < -0.3 is 15.0 Å². The van der Waals surface area contributed by atoms with Crippen molar-refractivity contribution in [3.05, 3.63) is 30.0 Å². The molecule has 0 saturated carbocycles. The summed E-state index contributed by atoms with van der Waals surface area (Å²) in [6, 6.07) is 6.74. The van der Waals surface area contributed by atoms with Crippen molar-refractivity contribution in [1.82, 2.24) is 20.3 Å². The Balaban J connectivity index is 1.27. The van der Waals surface area contributed by atoms with E-state index in [0.29, 0.717) is 5.41 Å². The fourth-order valence-corrected chi connectivity index (χ4v) is 4.81. The number of hydrogen-bond acceptors (Lipinski definition) is 5. The van der Waals surface area contributed by atoms with Gasteiger partial charge in [-0.1, -0.05) is 11.3 Å². The van der Waals surface area contributed by atoms with E-state index in [0.717, 1.165) is 25.3 Å². The smallest absolute Gasteiger partial charge is 0.113 e. The number of hydrogen-bond donors (Lipinski definition) is 1. The molecule has 0 aliphatic carbocycles. The van der Waals surface area contributed by atoms with Crippen molar-refractivity contribution >= 4 is 5.69 Å². The van der Waals surface area contributed by atoms with Crippen molar-refractivity contribution in [1.29, 1.82) is 0 Å². The van der Waals surface area contributed by atoms with Gasteiger partial charge in [-0.15, -0.1) is 5.10 Å². The van der Waals surface area contributed by atoms with Crippen LogP contribution in [-0.2, 0) is 11.3 Å². The van der Waals surface area contributed by atoms with E-state index in [1.165, 1.54) is 62.3 Å².